The minimum absolute atomic E-state index is 0.841. The zero-order valence-corrected chi connectivity index (χ0v) is 15.5. The minimum Gasteiger partial charge on any atom is -0.369 e. The van der Waals surface area contributed by atoms with Crippen molar-refractivity contribution in [2.75, 3.05) is 44.2 Å². The van der Waals surface area contributed by atoms with E-state index < -0.39 is 0 Å². The Bertz CT molecular complexity index is 558. The second-order valence-corrected chi connectivity index (χ2v) is 8.87. The number of para-hydroxylation sites is 1. The molecule has 0 aromatic heterocycles. The number of nitrogens with zero attached hydrogens (tertiary/aromatic N) is 3. The van der Waals surface area contributed by atoms with Crippen molar-refractivity contribution < 1.29 is 0 Å². The van der Waals surface area contributed by atoms with Crippen LogP contribution in [-0.2, 0) is 0 Å². The van der Waals surface area contributed by atoms with Gasteiger partial charge in [-0.2, -0.15) is 0 Å². The summed E-state index contributed by atoms with van der Waals surface area (Å²) in [5.41, 5.74) is 1.40. The third-order valence-electron chi connectivity index (χ3n) is 7.62. The van der Waals surface area contributed by atoms with Crippen LogP contribution in [-0.4, -0.2) is 61.2 Å². The number of piperazine rings is 1. The molecule has 4 aliphatic rings. The normalized spacial score (nSPS) is 34.7. The molecule has 136 valence electrons. The topological polar surface area (TPSA) is 9.72 Å². The standard InChI is InChI=1S/C22H33N3/c1-2-4-20(5-3-1)23-12-14-24(15-13-23)21-8-10-25(11-9-21)22-17-18-6-7-19(22)16-18/h1-5,18-19,21-22H,6-17H2/t18-,19-,22+/m0/s1. The summed E-state index contributed by atoms with van der Waals surface area (Å²) in [5.74, 6) is 2.13. The lowest BCUT2D eigenvalue weighted by Crippen LogP contribution is -2.54. The van der Waals surface area contributed by atoms with Crippen LogP contribution < -0.4 is 4.90 Å². The van der Waals surface area contributed by atoms with Gasteiger partial charge in [0.15, 0.2) is 0 Å². The Morgan fingerprint density at radius 2 is 1.44 bits per heavy atom. The van der Waals surface area contributed by atoms with Gasteiger partial charge in [-0.15, -0.1) is 0 Å². The fourth-order valence-corrected chi connectivity index (χ4v) is 6.23. The summed E-state index contributed by atoms with van der Waals surface area (Å²) in [6, 6.07) is 12.7. The van der Waals surface area contributed by atoms with Crippen LogP contribution >= 0.6 is 0 Å². The van der Waals surface area contributed by atoms with E-state index in [-0.39, 0.29) is 0 Å². The number of benzene rings is 1. The highest BCUT2D eigenvalue weighted by atomic mass is 15.3. The average Bonchev–Trinajstić information content (AvgIpc) is 3.33. The minimum atomic E-state index is 0.841. The highest BCUT2D eigenvalue weighted by Crippen LogP contribution is 2.47. The SMILES string of the molecule is c1ccc(N2CCN(C3CCN([C@@H]4C[C@H]5CC[C@H]4C5)CC3)CC2)cc1. The molecule has 3 heteroatoms. The Balaban J connectivity index is 1.11. The second kappa shape index (κ2) is 6.92. The molecule has 3 nitrogen and oxygen atoms in total. The van der Waals surface area contributed by atoms with E-state index in [0.29, 0.717) is 0 Å². The number of hydrogen-bond donors (Lipinski definition) is 0. The molecule has 2 heterocycles. The number of hydrogen-bond acceptors (Lipinski definition) is 3. The molecule has 0 spiro atoms. The number of anilines is 1. The Kier molecular flexibility index (Phi) is 4.47. The van der Waals surface area contributed by atoms with Gasteiger partial charge in [0.05, 0.1) is 0 Å². The van der Waals surface area contributed by atoms with Crippen LogP contribution in [0.1, 0.15) is 38.5 Å². The summed E-state index contributed by atoms with van der Waals surface area (Å²) in [6.07, 6.45) is 8.93. The van der Waals surface area contributed by atoms with Gasteiger partial charge < -0.3 is 4.90 Å². The smallest absolute Gasteiger partial charge is 0.0367 e. The molecule has 2 saturated heterocycles. The van der Waals surface area contributed by atoms with Crippen LogP contribution in [0.4, 0.5) is 5.69 Å². The molecule has 1 aromatic rings. The third-order valence-corrected chi connectivity index (χ3v) is 7.62. The molecule has 2 aliphatic heterocycles. The van der Waals surface area contributed by atoms with E-state index in [1.54, 1.807) is 6.42 Å². The zero-order chi connectivity index (χ0) is 16.6. The van der Waals surface area contributed by atoms with E-state index in [2.05, 4.69) is 45.0 Å². The van der Waals surface area contributed by atoms with Crippen molar-refractivity contribution >= 4 is 5.69 Å². The second-order valence-electron chi connectivity index (χ2n) is 8.87. The van der Waals surface area contributed by atoms with Gasteiger partial charge in [0.1, 0.15) is 0 Å². The molecule has 3 atom stereocenters. The van der Waals surface area contributed by atoms with Crippen LogP contribution in [0.3, 0.4) is 0 Å². The van der Waals surface area contributed by atoms with Crippen molar-refractivity contribution in [3.8, 4) is 0 Å². The van der Waals surface area contributed by atoms with Gasteiger partial charge in [0.2, 0.25) is 0 Å². The summed E-state index contributed by atoms with van der Waals surface area (Å²) >= 11 is 0. The molecular weight excluding hydrogens is 306 g/mol. The summed E-state index contributed by atoms with van der Waals surface area (Å²) in [4.78, 5) is 8.22. The van der Waals surface area contributed by atoms with E-state index in [1.807, 2.05) is 0 Å². The van der Waals surface area contributed by atoms with Crippen molar-refractivity contribution in [3.63, 3.8) is 0 Å². The molecule has 25 heavy (non-hydrogen) atoms. The average molecular weight is 340 g/mol. The summed E-state index contributed by atoms with van der Waals surface area (Å²) < 4.78 is 0. The fraction of sp³-hybridized carbons (Fsp3) is 0.727. The molecule has 2 saturated carbocycles. The van der Waals surface area contributed by atoms with Crippen molar-refractivity contribution in [2.24, 2.45) is 11.8 Å². The van der Waals surface area contributed by atoms with Crippen LogP contribution in [0.25, 0.3) is 0 Å². The van der Waals surface area contributed by atoms with Gasteiger partial charge in [-0.1, -0.05) is 24.6 Å². The van der Waals surface area contributed by atoms with Gasteiger partial charge in [-0.3, -0.25) is 9.80 Å². The van der Waals surface area contributed by atoms with E-state index in [0.717, 1.165) is 23.9 Å². The van der Waals surface area contributed by atoms with Gasteiger partial charge in [-0.05, 0) is 69.2 Å². The molecule has 2 aliphatic carbocycles. The zero-order valence-electron chi connectivity index (χ0n) is 15.5. The lowest BCUT2D eigenvalue weighted by Gasteiger charge is -2.45. The molecule has 0 unspecified atom stereocenters. The molecule has 4 fully saturated rings. The van der Waals surface area contributed by atoms with Crippen LogP contribution in [0.5, 0.6) is 0 Å². The van der Waals surface area contributed by atoms with Crippen molar-refractivity contribution in [3.05, 3.63) is 30.3 Å². The molecule has 5 rings (SSSR count). The summed E-state index contributed by atoms with van der Waals surface area (Å²) in [5, 5.41) is 0. The van der Waals surface area contributed by atoms with E-state index in [9.17, 15) is 0 Å². The molecule has 1 aromatic carbocycles. The van der Waals surface area contributed by atoms with Crippen LogP contribution in [0.15, 0.2) is 30.3 Å². The lowest BCUT2D eigenvalue weighted by molar-refractivity contribution is 0.0618. The quantitative estimate of drug-likeness (QED) is 0.835. The predicted octanol–water partition coefficient (Wildman–Crippen LogP) is 3.46. The molecule has 0 amide bonds. The maximum absolute atomic E-state index is 2.88. The Morgan fingerprint density at radius 3 is 2.08 bits per heavy atom. The highest BCUT2D eigenvalue weighted by Gasteiger charge is 2.43. The van der Waals surface area contributed by atoms with Gasteiger partial charge >= 0.3 is 0 Å². The maximum atomic E-state index is 2.88. The lowest BCUT2D eigenvalue weighted by atomic mass is 9.91. The first-order chi connectivity index (χ1) is 12.4. The van der Waals surface area contributed by atoms with Gasteiger partial charge in [0, 0.05) is 44.0 Å². The van der Waals surface area contributed by atoms with Gasteiger partial charge in [0.25, 0.3) is 0 Å². The number of rotatable bonds is 3. The Labute approximate surface area is 153 Å². The number of likely N-dealkylation sites (tertiary alicyclic amines) is 1. The van der Waals surface area contributed by atoms with Crippen LogP contribution in [0, 0.1) is 11.8 Å². The van der Waals surface area contributed by atoms with E-state index in [1.165, 1.54) is 77.1 Å². The number of piperidine rings is 1. The van der Waals surface area contributed by atoms with Crippen molar-refractivity contribution in [1.82, 2.24) is 9.80 Å². The van der Waals surface area contributed by atoms with Crippen molar-refractivity contribution in [2.45, 2.75) is 50.6 Å². The van der Waals surface area contributed by atoms with E-state index in [4.69, 9.17) is 0 Å². The maximum Gasteiger partial charge on any atom is 0.0367 e. The first-order valence-corrected chi connectivity index (χ1v) is 10.6. The molecule has 2 bridgehead atoms. The largest absolute Gasteiger partial charge is 0.369 e. The van der Waals surface area contributed by atoms with E-state index >= 15 is 0 Å². The molecule has 0 radical (unpaired) electrons. The molecular formula is C22H33N3. The van der Waals surface area contributed by atoms with Crippen molar-refractivity contribution in [1.29, 1.82) is 0 Å². The summed E-state index contributed by atoms with van der Waals surface area (Å²) in [7, 11) is 0. The Morgan fingerprint density at radius 1 is 0.680 bits per heavy atom. The number of fused-ring (bicyclic) bond motifs is 2. The first-order valence-electron chi connectivity index (χ1n) is 10.6. The Hall–Kier alpha value is -1.06. The predicted molar refractivity (Wildman–Crippen MR) is 104 cm³/mol. The summed E-state index contributed by atoms with van der Waals surface area (Å²) in [6.45, 7) is 7.59. The van der Waals surface area contributed by atoms with Crippen LogP contribution in [0.2, 0.25) is 0 Å². The third kappa shape index (κ3) is 3.21. The molecule has 0 N–H and O–H groups in total. The first kappa shape index (κ1) is 16.1. The highest BCUT2D eigenvalue weighted by molar-refractivity contribution is 5.46. The van der Waals surface area contributed by atoms with Gasteiger partial charge in [-0.25, -0.2) is 0 Å². The monoisotopic (exact) mass is 339 g/mol. The fourth-order valence-electron chi connectivity index (χ4n) is 6.23.